The van der Waals surface area contributed by atoms with Crippen molar-refractivity contribution in [2.75, 3.05) is 12.4 Å². The van der Waals surface area contributed by atoms with Crippen molar-refractivity contribution in [3.63, 3.8) is 0 Å². The van der Waals surface area contributed by atoms with E-state index in [1.165, 1.54) is 36.8 Å². The minimum absolute atomic E-state index is 0.627. The van der Waals surface area contributed by atoms with Gasteiger partial charge < -0.3 is 20.3 Å². The Morgan fingerprint density at radius 1 is 0.780 bits per heavy atom. The maximum absolute atomic E-state index is 5.93. The van der Waals surface area contributed by atoms with Gasteiger partial charge in [-0.2, -0.15) is 0 Å². The molecule has 2 bridgehead atoms. The van der Waals surface area contributed by atoms with E-state index < -0.39 is 0 Å². The minimum Gasteiger partial charge on any atom is -0.457 e. The Kier molecular flexibility index (Phi) is 7.09. The summed E-state index contributed by atoms with van der Waals surface area (Å²) in [4.78, 5) is 11.7. The van der Waals surface area contributed by atoms with E-state index in [9.17, 15) is 0 Å². The van der Waals surface area contributed by atoms with Crippen molar-refractivity contribution < 1.29 is 4.74 Å². The molecular weight excluding hydrogens is 506 g/mol. The summed E-state index contributed by atoms with van der Waals surface area (Å²) < 4.78 is 5.93. The zero-order valence-corrected chi connectivity index (χ0v) is 23.3. The van der Waals surface area contributed by atoms with Crippen molar-refractivity contribution in [3.8, 4) is 22.6 Å². The molecule has 0 amide bonds. The molecule has 3 heterocycles. The normalized spacial score (nSPS) is 20.3. The average molecular weight is 542 g/mol. The Bertz CT molecular complexity index is 1610. The van der Waals surface area contributed by atoms with Crippen molar-refractivity contribution >= 4 is 22.4 Å². The predicted molar refractivity (Wildman–Crippen MR) is 166 cm³/mol. The smallest absolute Gasteiger partial charge is 0.141 e. The van der Waals surface area contributed by atoms with Gasteiger partial charge in [0.2, 0.25) is 0 Å². The molecule has 1 aromatic heterocycles. The number of piperidine rings is 1. The molecule has 0 saturated carbocycles. The lowest BCUT2D eigenvalue weighted by atomic mass is 9.97. The fourth-order valence-electron chi connectivity index (χ4n) is 6.36. The van der Waals surface area contributed by atoms with E-state index in [-0.39, 0.29) is 0 Å². The van der Waals surface area contributed by atoms with Crippen LogP contribution in [0.4, 0.5) is 11.5 Å². The second-order valence-corrected chi connectivity index (χ2v) is 11.3. The molecule has 2 unspecified atom stereocenters. The van der Waals surface area contributed by atoms with Crippen LogP contribution >= 0.6 is 0 Å². The van der Waals surface area contributed by atoms with Gasteiger partial charge in [0.05, 0.1) is 5.52 Å². The Morgan fingerprint density at radius 3 is 2.24 bits per heavy atom. The lowest BCUT2D eigenvalue weighted by molar-refractivity contribution is 0.148. The maximum Gasteiger partial charge on any atom is 0.141 e. The van der Waals surface area contributed by atoms with Crippen LogP contribution in [0.1, 0.15) is 31.2 Å². The van der Waals surface area contributed by atoms with Gasteiger partial charge in [-0.1, -0.05) is 48.5 Å². The van der Waals surface area contributed by atoms with Gasteiger partial charge in [-0.05, 0) is 98.0 Å². The highest BCUT2D eigenvalue weighted by molar-refractivity contribution is 5.93. The zero-order chi connectivity index (χ0) is 27.6. The highest BCUT2D eigenvalue weighted by Crippen LogP contribution is 2.34. The number of aromatic nitrogens is 2. The van der Waals surface area contributed by atoms with Crippen LogP contribution in [0.3, 0.4) is 0 Å². The third kappa shape index (κ3) is 5.67. The third-order valence-electron chi connectivity index (χ3n) is 8.71. The van der Waals surface area contributed by atoms with Gasteiger partial charge in [-0.25, -0.2) is 9.97 Å². The van der Waals surface area contributed by atoms with E-state index in [1.807, 2.05) is 54.6 Å². The number of ether oxygens (including phenoxy) is 1. The maximum atomic E-state index is 5.93. The van der Waals surface area contributed by atoms with Crippen LogP contribution in [0.5, 0.6) is 11.5 Å². The van der Waals surface area contributed by atoms with Gasteiger partial charge in [-0.15, -0.1) is 0 Å². The Morgan fingerprint density at radius 2 is 1.49 bits per heavy atom. The first-order chi connectivity index (χ1) is 20.2. The lowest BCUT2D eigenvalue weighted by Crippen LogP contribution is -2.46. The molecule has 2 saturated heterocycles. The Labute approximate surface area is 241 Å². The number of benzene rings is 4. The van der Waals surface area contributed by atoms with E-state index in [2.05, 4.69) is 75.0 Å². The summed E-state index contributed by atoms with van der Waals surface area (Å²) in [5.74, 6) is 2.38. The summed E-state index contributed by atoms with van der Waals surface area (Å²) in [5.41, 5.74) is 5.50. The quantitative estimate of drug-likeness (QED) is 0.212. The summed E-state index contributed by atoms with van der Waals surface area (Å²) in [6, 6.07) is 35.2. The molecule has 0 aliphatic carbocycles. The van der Waals surface area contributed by atoms with Crippen molar-refractivity contribution in [2.45, 2.75) is 50.4 Å². The molecule has 2 atom stereocenters. The molecule has 7 rings (SSSR count). The predicted octanol–water partition coefficient (Wildman–Crippen LogP) is 7.55. The molecular formula is C35H35N5O. The van der Waals surface area contributed by atoms with Crippen LogP contribution in [0, 0.1) is 0 Å². The van der Waals surface area contributed by atoms with Gasteiger partial charge in [-0.3, -0.25) is 0 Å². The second-order valence-electron chi connectivity index (χ2n) is 11.3. The van der Waals surface area contributed by atoms with Crippen LogP contribution in [-0.2, 0) is 6.54 Å². The van der Waals surface area contributed by atoms with Gasteiger partial charge in [0.1, 0.15) is 23.6 Å². The van der Waals surface area contributed by atoms with Crippen molar-refractivity contribution in [1.29, 1.82) is 0 Å². The number of anilines is 2. The molecule has 41 heavy (non-hydrogen) atoms. The molecule has 206 valence electrons. The third-order valence-corrected chi connectivity index (χ3v) is 8.71. The van der Waals surface area contributed by atoms with Gasteiger partial charge in [0.25, 0.3) is 0 Å². The number of nitrogens with one attached hydrogen (secondary N) is 2. The fraction of sp³-hybridized carbons (Fsp3) is 0.257. The Balaban J connectivity index is 1.03. The molecule has 2 aliphatic heterocycles. The average Bonchev–Trinajstić information content (AvgIpc) is 3.21. The molecule has 6 nitrogen and oxygen atoms in total. The largest absolute Gasteiger partial charge is 0.457 e. The zero-order valence-electron chi connectivity index (χ0n) is 23.3. The van der Waals surface area contributed by atoms with Crippen molar-refractivity contribution in [3.05, 3.63) is 109 Å². The second kappa shape index (κ2) is 11.3. The molecule has 6 heteroatoms. The minimum atomic E-state index is 0.627. The van der Waals surface area contributed by atoms with Gasteiger partial charge in [0.15, 0.2) is 0 Å². The van der Waals surface area contributed by atoms with Crippen LogP contribution in [-0.4, -0.2) is 40.0 Å². The molecule has 2 fully saturated rings. The van der Waals surface area contributed by atoms with Gasteiger partial charge >= 0.3 is 0 Å². The molecule has 0 radical (unpaired) electrons. The van der Waals surface area contributed by atoms with Crippen molar-refractivity contribution in [2.24, 2.45) is 0 Å². The van der Waals surface area contributed by atoms with Crippen LogP contribution in [0.15, 0.2) is 103 Å². The van der Waals surface area contributed by atoms with E-state index in [1.54, 1.807) is 6.33 Å². The first-order valence-corrected chi connectivity index (χ1v) is 14.6. The van der Waals surface area contributed by atoms with E-state index in [0.29, 0.717) is 6.04 Å². The number of nitrogens with zero attached hydrogens (tertiary/aromatic N) is 3. The van der Waals surface area contributed by atoms with E-state index in [4.69, 9.17) is 4.74 Å². The SMILES string of the molecule is CN1C2CCC1CC(NCc1ccc(-c3ccc4ncnc(Nc5ccc(Oc6ccccc6)cc5)c4c3)cc1)C2. The topological polar surface area (TPSA) is 62.3 Å². The summed E-state index contributed by atoms with van der Waals surface area (Å²) >= 11 is 0. The highest BCUT2D eigenvalue weighted by Gasteiger charge is 2.38. The number of para-hydroxylation sites is 1. The van der Waals surface area contributed by atoms with E-state index >= 15 is 0 Å². The Hall–Kier alpha value is -4.26. The molecule has 0 spiro atoms. The molecule has 2 aliphatic rings. The molecule has 5 aromatic rings. The number of fused-ring (bicyclic) bond motifs is 3. The monoisotopic (exact) mass is 541 g/mol. The molecule has 2 N–H and O–H groups in total. The fourth-order valence-corrected chi connectivity index (χ4v) is 6.36. The molecule has 4 aromatic carbocycles. The van der Waals surface area contributed by atoms with Gasteiger partial charge in [0, 0.05) is 35.7 Å². The summed E-state index contributed by atoms with van der Waals surface area (Å²) in [6.07, 6.45) is 6.86. The van der Waals surface area contributed by atoms with Crippen LogP contribution in [0.2, 0.25) is 0 Å². The summed E-state index contributed by atoms with van der Waals surface area (Å²) in [5, 5.41) is 8.28. The number of rotatable bonds is 8. The van der Waals surface area contributed by atoms with Crippen LogP contribution in [0.25, 0.3) is 22.0 Å². The summed E-state index contributed by atoms with van der Waals surface area (Å²) in [7, 11) is 2.30. The lowest BCUT2D eigenvalue weighted by Gasteiger charge is -2.36. The summed E-state index contributed by atoms with van der Waals surface area (Å²) in [6.45, 7) is 0.920. The van der Waals surface area contributed by atoms with Crippen LogP contribution < -0.4 is 15.4 Å². The highest BCUT2D eigenvalue weighted by atomic mass is 16.5. The van der Waals surface area contributed by atoms with Crippen molar-refractivity contribution in [1.82, 2.24) is 20.2 Å². The first kappa shape index (κ1) is 25.7. The number of hydrogen-bond acceptors (Lipinski definition) is 6. The first-order valence-electron chi connectivity index (χ1n) is 14.6. The van der Waals surface area contributed by atoms with E-state index in [0.717, 1.165) is 58.1 Å². The number of hydrogen-bond donors (Lipinski definition) is 2. The standard InChI is InChI=1S/C35H35N5O/c1-40-29-14-15-30(40)21-28(20-29)36-22-24-7-9-25(10-8-24)26-11-18-34-33(19-26)35(38-23-37-34)39-27-12-16-32(17-13-27)41-31-5-3-2-4-6-31/h2-13,16-19,23,28-30,36H,14-15,20-22H2,1H3,(H,37,38,39).